The van der Waals surface area contributed by atoms with Crippen LogP contribution in [0, 0.1) is 0 Å². The SMILES string of the molecule is CCCN1CC(CCCN)OC1=O. The van der Waals surface area contributed by atoms with Gasteiger partial charge in [-0.3, -0.25) is 0 Å². The molecule has 1 aliphatic heterocycles. The number of amides is 1. The topological polar surface area (TPSA) is 55.6 Å². The second-order valence-electron chi connectivity index (χ2n) is 3.38. The maximum atomic E-state index is 11.2. The Balaban J connectivity index is 2.27. The molecule has 0 bridgehead atoms. The third-order valence-electron chi connectivity index (χ3n) is 2.17. The van der Waals surface area contributed by atoms with Crippen LogP contribution in [-0.4, -0.2) is 36.7 Å². The molecule has 1 unspecified atom stereocenters. The zero-order valence-corrected chi connectivity index (χ0v) is 8.16. The van der Waals surface area contributed by atoms with E-state index in [4.69, 9.17) is 10.5 Å². The molecular formula is C9H18N2O2. The maximum absolute atomic E-state index is 11.2. The Kier molecular flexibility index (Phi) is 4.02. The van der Waals surface area contributed by atoms with Crippen molar-refractivity contribution in [2.75, 3.05) is 19.6 Å². The van der Waals surface area contributed by atoms with Crippen molar-refractivity contribution in [1.29, 1.82) is 0 Å². The van der Waals surface area contributed by atoms with Crippen LogP contribution < -0.4 is 5.73 Å². The summed E-state index contributed by atoms with van der Waals surface area (Å²) in [5, 5.41) is 0. The number of ether oxygens (including phenoxy) is 1. The number of nitrogens with zero attached hydrogens (tertiary/aromatic N) is 1. The Morgan fingerprint density at radius 3 is 3.08 bits per heavy atom. The summed E-state index contributed by atoms with van der Waals surface area (Å²) < 4.78 is 5.16. The first-order valence-electron chi connectivity index (χ1n) is 4.93. The van der Waals surface area contributed by atoms with Crippen LogP contribution in [-0.2, 0) is 4.74 Å². The summed E-state index contributed by atoms with van der Waals surface area (Å²) in [5.41, 5.74) is 5.38. The van der Waals surface area contributed by atoms with Gasteiger partial charge in [0.25, 0.3) is 0 Å². The zero-order valence-electron chi connectivity index (χ0n) is 8.16. The van der Waals surface area contributed by atoms with Crippen molar-refractivity contribution in [3.63, 3.8) is 0 Å². The van der Waals surface area contributed by atoms with Gasteiger partial charge in [0.1, 0.15) is 6.10 Å². The molecule has 76 valence electrons. The molecule has 1 amide bonds. The van der Waals surface area contributed by atoms with E-state index in [0.717, 1.165) is 32.4 Å². The lowest BCUT2D eigenvalue weighted by Crippen LogP contribution is -2.25. The molecule has 0 spiro atoms. The molecule has 0 aliphatic carbocycles. The van der Waals surface area contributed by atoms with E-state index in [1.807, 2.05) is 0 Å². The summed E-state index contributed by atoms with van der Waals surface area (Å²) in [6.45, 7) is 4.27. The molecular weight excluding hydrogens is 168 g/mol. The average Bonchev–Trinajstić information content (AvgIpc) is 2.45. The predicted molar refractivity (Wildman–Crippen MR) is 50.4 cm³/mol. The Morgan fingerprint density at radius 2 is 2.46 bits per heavy atom. The van der Waals surface area contributed by atoms with E-state index in [1.165, 1.54) is 0 Å². The van der Waals surface area contributed by atoms with Gasteiger partial charge in [0.15, 0.2) is 0 Å². The number of hydrogen-bond donors (Lipinski definition) is 1. The highest BCUT2D eigenvalue weighted by molar-refractivity contribution is 5.69. The van der Waals surface area contributed by atoms with E-state index in [2.05, 4.69) is 6.92 Å². The lowest BCUT2D eigenvalue weighted by Gasteiger charge is -2.10. The lowest BCUT2D eigenvalue weighted by atomic mass is 10.2. The summed E-state index contributed by atoms with van der Waals surface area (Å²) in [6, 6.07) is 0. The van der Waals surface area contributed by atoms with Crippen LogP contribution in [0.3, 0.4) is 0 Å². The van der Waals surface area contributed by atoms with E-state index in [1.54, 1.807) is 4.90 Å². The molecule has 0 aromatic heterocycles. The third-order valence-corrected chi connectivity index (χ3v) is 2.17. The van der Waals surface area contributed by atoms with Gasteiger partial charge in [0.2, 0.25) is 0 Å². The number of nitrogens with two attached hydrogens (primary N) is 1. The van der Waals surface area contributed by atoms with Crippen molar-refractivity contribution < 1.29 is 9.53 Å². The van der Waals surface area contributed by atoms with Gasteiger partial charge in [-0.2, -0.15) is 0 Å². The summed E-state index contributed by atoms with van der Waals surface area (Å²) in [6.07, 6.45) is 2.71. The van der Waals surface area contributed by atoms with E-state index >= 15 is 0 Å². The second-order valence-corrected chi connectivity index (χ2v) is 3.38. The van der Waals surface area contributed by atoms with Crippen molar-refractivity contribution >= 4 is 6.09 Å². The van der Waals surface area contributed by atoms with Crippen molar-refractivity contribution in [3.05, 3.63) is 0 Å². The monoisotopic (exact) mass is 186 g/mol. The molecule has 1 aliphatic rings. The molecule has 0 aromatic carbocycles. The Labute approximate surface area is 79.0 Å². The van der Waals surface area contributed by atoms with Crippen LogP contribution in [0.2, 0.25) is 0 Å². The van der Waals surface area contributed by atoms with E-state index in [0.29, 0.717) is 6.54 Å². The highest BCUT2D eigenvalue weighted by Crippen LogP contribution is 2.15. The minimum Gasteiger partial charge on any atom is -0.444 e. The maximum Gasteiger partial charge on any atom is 0.410 e. The molecule has 2 N–H and O–H groups in total. The van der Waals surface area contributed by atoms with Crippen molar-refractivity contribution in [2.45, 2.75) is 32.3 Å². The smallest absolute Gasteiger partial charge is 0.410 e. The highest BCUT2D eigenvalue weighted by Gasteiger charge is 2.29. The minimum atomic E-state index is -0.163. The fourth-order valence-corrected chi connectivity index (χ4v) is 1.52. The standard InChI is InChI=1S/C9H18N2O2/c1-2-6-11-7-8(4-3-5-10)13-9(11)12/h8H,2-7,10H2,1H3. The number of rotatable bonds is 5. The van der Waals surface area contributed by atoms with Crippen molar-refractivity contribution in [2.24, 2.45) is 5.73 Å². The van der Waals surface area contributed by atoms with E-state index in [-0.39, 0.29) is 12.2 Å². The van der Waals surface area contributed by atoms with Crippen LogP contribution in [0.4, 0.5) is 4.79 Å². The molecule has 4 nitrogen and oxygen atoms in total. The molecule has 0 radical (unpaired) electrons. The van der Waals surface area contributed by atoms with Crippen LogP contribution in [0.25, 0.3) is 0 Å². The van der Waals surface area contributed by atoms with Gasteiger partial charge in [0.05, 0.1) is 6.54 Å². The number of carbonyl (C=O) groups is 1. The van der Waals surface area contributed by atoms with Crippen LogP contribution in [0.1, 0.15) is 26.2 Å². The summed E-state index contributed by atoms with van der Waals surface area (Å²) >= 11 is 0. The molecule has 4 heteroatoms. The Bertz CT molecular complexity index is 173. The van der Waals surface area contributed by atoms with Crippen molar-refractivity contribution in [1.82, 2.24) is 4.90 Å². The van der Waals surface area contributed by atoms with Crippen LogP contribution >= 0.6 is 0 Å². The first kappa shape index (κ1) is 10.3. The third kappa shape index (κ3) is 2.88. The molecule has 13 heavy (non-hydrogen) atoms. The molecule has 1 heterocycles. The molecule has 1 rings (SSSR count). The summed E-state index contributed by atoms with van der Waals surface area (Å²) in [4.78, 5) is 13.0. The molecule has 0 saturated carbocycles. The van der Waals surface area contributed by atoms with Crippen LogP contribution in [0.5, 0.6) is 0 Å². The Hall–Kier alpha value is -0.770. The van der Waals surface area contributed by atoms with E-state index in [9.17, 15) is 4.79 Å². The number of carbonyl (C=O) groups excluding carboxylic acids is 1. The largest absolute Gasteiger partial charge is 0.444 e. The van der Waals surface area contributed by atoms with Gasteiger partial charge in [-0.05, 0) is 25.8 Å². The van der Waals surface area contributed by atoms with Gasteiger partial charge in [-0.25, -0.2) is 4.79 Å². The van der Waals surface area contributed by atoms with Crippen molar-refractivity contribution in [3.8, 4) is 0 Å². The van der Waals surface area contributed by atoms with Gasteiger partial charge >= 0.3 is 6.09 Å². The highest BCUT2D eigenvalue weighted by atomic mass is 16.6. The normalized spacial score (nSPS) is 22.2. The molecule has 1 fully saturated rings. The van der Waals surface area contributed by atoms with Gasteiger partial charge in [-0.15, -0.1) is 0 Å². The first-order chi connectivity index (χ1) is 6.27. The van der Waals surface area contributed by atoms with Gasteiger partial charge in [-0.1, -0.05) is 6.92 Å². The first-order valence-corrected chi connectivity index (χ1v) is 4.93. The molecule has 1 saturated heterocycles. The zero-order chi connectivity index (χ0) is 9.68. The quantitative estimate of drug-likeness (QED) is 0.695. The van der Waals surface area contributed by atoms with Crippen LogP contribution in [0.15, 0.2) is 0 Å². The molecule has 0 aromatic rings. The fourth-order valence-electron chi connectivity index (χ4n) is 1.52. The minimum absolute atomic E-state index is 0.0719. The van der Waals surface area contributed by atoms with Gasteiger partial charge < -0.3 is 15.4 Å². The number of cyclic esters (lactones) is 1. The second kappa shape index (κ2) is 5.07. The Morgan fingerprint density at radius 1 is 1.69 bits per heavy atom. The number of hydrogen-bond acceptors (Lipinski definition) is 3. The molecule has 1 atom stereocenters. The predicted octanol–water partition coefficient (Wildman–Crippen LogP) is 0.956. The van der Waals surface area contributed by atoms with E-state index < -0.39 is 0 Å². The summed E-state index contributed by atoms with van der Waals surface area (Å²) in [5.74, 6) is 0. The summed E-state index contributed by atoms with van der Waals surface area (Å²) in [7, 11) is 0. The van der Waals surface area contributed by atoms with Gasteiger partial charge in [0, 0.05) is 6.54 Å². The average molecular weight is 186 g/mol. The fraction of sp³-hybridized carbons (Fsp3) is 0.889. The lowest BCUT2D eigenvalue weighted by molar-refractivity contribution is 0.128.